The first kappa shape index (κ1) is 21.4. The number of ether oxygens (including phenoxy) is 1. The van der Waals surface area contributed by atoms with Crippen molar-refractivity contribution in [3.05, 3.63) is 71.3 Å². The summed E-state index contributed by atoms with van der Waals surface area (Å²) in [5, 5.41) is 6.57. The molecule has 0 aromatic heterocycles. The van der Waals surface area contributed by atoms with E-state index in [9.17, 15) is 0 Å². The predicted molar refractivity (Wildman–Crippen MR) is 140 cm³/mol. The molecule has 0 radical (unpaired) electrons. The van der Waals surface area contributed by atoms with Gasteiger partial charge in [-0.15, -0.1) is 0 Å². The maximum absolute atomic E-state index is 7.45. The summed E-state index contributed by atoms with van der Waals surface area (Å²) in [5.74, 6) is 1.23. The Kier molecular flexibility index (Phi) is 4.60. The van der Waals surface area contributed by atoms with Gasteiger partial charge in [-0.05, 0) is 96.1 Å². The summed E-state index contributed by atoms with van der Waals surface area (Å²) in [4.78, 5) is 0. The second-order valence-corrected chi connectivity index (χ2v) is 12.6. The molecule has 1 unspecified atom stereocenters. The zero-order valence-corrected chi connectivity index (χ0v) is 21.1. The van der Waals surface area contributed by atoms with Gasteiger partial charge in [-0.2, -0.15) is 0 Å². The van der Waals surface area contributed by atoms with Crippen molar-refractivity contribution >= 4 is 10.8 Å². The minimum absolute atomic E-state index is 0.0125. The third-order valence-corrected chi connectivity index (χ3v) is 10.4. The smallest absolute Gasteiger partial charge is 0.0974 e. The van der Waals surface area contributed by atoms with E-state index in [0.29, 0.717) is 23.9 Å². The number of allylic oxidation sites excluding steroid dienone is 1. The Labute approximate surface area is 204 Å². The highest BCUT2D eigenvalue weighted by molar-refractivity contribution is 5.83. The van der Waals surface area contributed by atoms with Crippen LogP contribution in [0.2, 0.25) is 0 Å². The molecule has 2 heteroatoms. The van der Waals surface area contributed by atoms with E-state index >= 15 is 0 Å². The van der Waals surface area contributed by atoms with Crippen LogP contribution in [0, 0.1) is 11.3 Å². The Morgan fingerprint density at radius 3 is 2.71 bits per heavy atom. The molecular weight excluding hydrogens is 414 g/mol. The van der Waals surface area contributed by atoms with Crippen molar-refractivity contribution in [2.24, 2.45) is 11.3 Å². The van der Waals surface area contributed by atoms with Crippen molar-refractivity contribution in [1.82, 2.24) is 5.32 Å². The number of nitrogens with one attached hydrogen (secondary N) is 1. The number of fused-ring (bicyclic) bond motifs is 2. The molecule has 2 spiro atoms. The van der Waals surface area contributed by atoms with Crippen molar-refractivity contribution in [3.8, 4) is 0 Å². The van der Waals surface area contributed by atoms with Crippen molar-refractivity contribution in [3.63, 3.8) is 0 Å². The van der Waals surface area contributed by atoms with Crippen molar-refractivity contribution in [2.75, 3.05) is 0 Å². The quantitative estimate of drug-likeness (QED) is 0.521. The summed E-state index contributed by atoms with van der Waals surface area (Å²) in [7, 11) is 0. The standard InChI is InChI=1S/C32H39NO/c1-21(2)33-27-11-10-25-19-26-14-15-30(3)28(24-9-8-22-6-4-5-7-23(22)18-24)12-13-29(30)32(26)17-16-31(25,20-27)34-32/h4-9,14,18-19,21,27-29,33H,10-13,15-17,20H2,1-3H3/t27-,28+,29+,30+,31?,32+/m0/s1. The number of benzene rings is 2. The van der Waals surface area contributed by atoms with Gasteiger partial charge in [0.2, 0.25) is 0 Å². The van der Waals surface area contributed by atoms with Crippen LogP contribution in [0.4, 0.5) is 0 Å². The van der Waals surface area contributed by atoms with Crippen LogP contribution < -0.4 is 5.32 Å². The molecule has 2 bridgehead atoms. The maximum atomic E-state index is 7.45. The molecule has 2 aromatic rings. The summed E-state index contributed by atoms with van der Waals surface area (Å²) < 4.78 is 7.45. The van der Waals surface area contributed by atoms with Gasteiger partial charge in [0.15, 0.2) is 0 Å². The third-order valence-electron chi connectivity index (χ3n) is 10.4. The largest absolute Gasteiger partial charge is 0.359 e. The van der Waals surface area contributed by atoms with Crippen LogP contribution in [0.1, 0.15) is 83.6 Å². The summed E-state index contributed by atoms with van der Waals surface area (Å²) in [5.41, 5.74) is 4.88. The van der Waals surface area contributed by atoms with E-state index in [1.54, 1.807) is 5.57 Å². The molecule has 2 saturated carbocycles. The van der Waals surface area contributed by atoms with Gasteiger partial charge in [0.1, 0.15) is 0 Å². The van der Waals surface area contributed by atoms with Gasteiger partial charge in [0.05, 0.1) is 11.2 Å². The second kappa shape index (κ2) is 7.31. The number of hydrogen-bond donors (Lipinski definition) is 1. The Bertz CT molecular complexity index is 1210. The van der Waals surface area contributed by atoms with E-state index in [4.69, 9.17) is 4.74 Å². The van der Waals surface area contributed by atoms with E-state index in [0.717, 1.165) is 6.42 Å². The first-order chi connectivity index (χ1) is 16.4. The zero-order valence-electron chi connectivity index (χ0n) is 21.1. The van der Waals surface area contributed by atoms with Crippen molar-refractivity contribution in [1.29, 1.82) is 0 Å². The molecule has 2 heterocycles. The summed E-state index contributed by atoms with van der Waals surface area (Å²) in [6.45, 7) is 7.14. The highest BCUT2D eigenvalue weighted by atomic mass is 16.5. The Hall–Kier alpha value is -1.90. The van der Waals surface area contributed by atoms with E-state index in [1.165, 1.54) is 66.9 Å². The highest BCUT2D eigenvalue weighted by Gasteiger charge is 2.66. The molecule has 2 aliphatic heterocycles. The van der Waals surface area contributed by atoms with E-state index < -0.39 is 0 Å². The SMILES string of the molecule is CC(C)N[C@H]1CCC2=CC3=CC[C@]4(C)[C@@H](c5ccc6ccccc6c5)CC[C@H]4[C@@]34CCC2(C1)O4. The van der Waals surface area contributed by atoms with Gasteiger partial charge < -0.3 is 10.1 Å². The summed E-state index contributed by atoms with van der Waals surface area (Å²) in [6, 6.07) is 17.2. The van der Waals surface area contributed by atoms with Crippen LogP contribution in [-0.4, -0.2) is 23.3 Å². The normalized spacial score (nSPS) is 40.5. The minimum atomic E-state index is -0.0538. The fourth-order valence-corrected chi connectivity index (χ4v) is 8.99. The molecule has 0 amide bonds. The maximum Gasteiger partial charge on any atom is 0.0974 e. The van der Waals surface area contributed by atoms with Crippen molar-refractivity contribution in [2.45, 2.75) is 101 Å². The van der Waals surface area contributed by atoms with E-state index in [-0.39, 0.29) is 16.6 Å². The van der Waals surface area contributed by atoms with Crippen molar-refractivity contribution < 1.29 is 4.74 Å². The van der Waals surface area contributed by atoms with Gasteiger partial charge in [-0.3, -0.25) is 0 Å². The first-order valence-electron chi connectivity index (χ1n) is 13.8. The topological polar surface area (TPSA) is 21.3 Å². The molecule has 5 aliphatic rings. The molecule has 2 nitrogen and oxygen atoms in total. The monoisotopic (exact) mass is 453 g/mol. The molecular formula is C32H39NO. The molecule has 7 rings (SSSR count). The third kappa shape index (κ3) is 2.88. The number of hydrogen-bond acceptors (Lipinski definition) is 2. The lowest BCUT2D eigenvalue weighted by Crippen LogP contribution is -2.55. The average Bonchev–Trinajstić information content (AvgIpc) is 3.33. The molecule has 6 atom stereocenters. The van der Waals surface area contributed by atoms with Gasteiger partial charge in [0.25, 0.3) is 0 Å². The van der Waals surface area contributed by atoms with Crippen LogP contribution in [0.25, 0.3) is 10.8 Å². The predicted octanol–water partition coefficient (Wildman–Crippen LogP) is 7.45. The van der Waals surface area contributed by atoms with Crippen LogP contribution >= 0.6 is 0 Å². The Balaban J connectivity index is 1.25. The first-order valence-corrected chi connectivity index (χ1v) is 13.8. The number of rotatable bonds is 3. The summed E-state index contributed by atoms with van der Waals surface area (Å²) >= 11 is 0. The van der Waals surface area contributed by atoms with Crippen LogP contribution in [0.5, 0.6) is 0 Å². The molecule has 3 aliphatic carbocycles. The lowest BCUT2D eigenvalue weighted by atomic mass is 9.58. The summed E-state index contributed by atoms with van der Waals surface area (Å²) in [6.07, 6.45) is 15.0. The van der Waals surface area contributed by atoms with Crippen LogP contribution in [-0.2, 0) is 4.74 Å². The molecule has 3 fully saturated rings. The highest BCUT2D eigenvalue weighted by Crippen LogP contribution is 2.69. The van der Waals surface area contributed by atoms with Gasteiger partial charge in [0, 0.05) is 12.1 Å². The molecule has 1 saturated heterocycles. The Morgan fingerprint density at radius 2 is 1.85 bits per heavy atom. The average molecular weight is 454 g/mol. The fraction of sp³-hybridized carbons (Fsp3) is 0.562. The molecule has 34 heavy (non-hydrogen) atoms. The van der Waals surface area contributed by atoms with Gasteiger partial charge in [-0.1, -0.05) is 75.4 Å². The molecule has 1 N–H and O–H groups in total. The minimum Gasteiger partial charge on any atom is -0.359 e. The lowest BCUT2D eigenvalue weighted by Gasteiger charge is -2.54. The Morgan fingerprint density at radius 1 is 1.00 bits per heavy atom. The zero-order chi connectivity index (χ0) is 23.1. The van der Waals surface area contributed by atoms with Crippen LogP contribution in [0.15, 0.2) is 65.8 Å². The van der Waals surface area contributed by atoms with Crippen LogP contribution in [0.3, 0.4) is 0 Å². The fourth-order valence-electron chi connectivity index (χ4n) is 8.99. The second-order valence-electron chi connectivity index (χ2n) is 12.6. The van der Waals surface area contributed by atoms with Gasteiger partial charge >= 0.3 is 0 Å². The van der Waals surface area contributed by atoms with Gasteiger partial charge in [-0.25, -0.2) is 0 Å². The van der Waals surface area contributed by atoms with E-state index in [1.807, 2.05) is 0 Å². The molecule has 2 aromatic carbocycles. The lowest BCUT2D eigenvalue weighted by molar-refractivity contribution is -0.136. The molecule has 178 valence electrons. The van der Waals surface area contributed by atoms with E-state index in [2.05, 4.69) is 80.7 Å².